The topological polar surface area (TPSA) is 52.6 Å². The van der Waals surface area contributed by atoms with E-state index in [1.165, 1.54) is 0 Å². The van der Waals surface area contributed by atoms with Crippen molar-refractivity contribution in [3.8, 4) is 0 Å². The van der Waals surface area contributed by atoms with Gasteiger partial charge >= 0.3 is 83.5 Å². The van der Waals surface area contributed by atoms with E-state index in [4.69, 9.17) is 0 Å². The van der Waals surface area contributed by atoms with Crippen molar-refractivity contribution in [2.75, 3.05) is 36.2 Å². The maximum absolute atomic E-state index is 13.7. The van der Waals surface area contributed by atoms with E-state index < -0.39 is 133 Å². The van der Waals surface area contributed by atoms with Crippen LogP contribution in [0.25, 0.3) is 0 Å². The minimum Gasteiger partial charge on any atom is -0.462 e. The summed E-state index contributed by atoms with van der Waals surface area (Å²) in [4.78, 5) is 23.1. The number of carbonyl (C=O) groups excluding carboxylic acids is 2. The van der Waals surface area contributed by atoms with Gasteiger partial charge in [0.15, 0.2) is 0 Å². The molecule has 0 aliphatic carbocycles. The Morgan fingerprint density at radius 1 is 0.362 bits per heavy atom. The number of ether oxygens (including phenoxy) is 2. The number of rotatable bonds is 24. The Kier molecular flexibility index (Phi) is 17.9. The lowest BCUT2D eigenvalue weighted by atomic mass is 9.93. The fraction of sp³-hybridized carbons (Fsp3) is 0.846. The highest BCUT2D eigenvalue weighted by molar-refractivity contribution is 7.99. The van der Waals surface area contributed by atoms with Gasteiger partial charge in [-0.15, -0.1) is 0 Å². The molecule has 344 valence electrons. The standard InChI is InChI=1S/C26H22F26O4S2/c27-15(28,17(31,32)19(35,36)21(39,40)23(43,44)25(47,48)49)5-11-57-9-1-7-55-13(53)3-4-14(54)56-8-2-10-58-12-6-16(29,30)18(33,34)20(37,38)22(41,42)24(45,46)26(50,51)52/h3-4H,1-2,5-12H2/b4-3+. The van der Waals surface area contributed by atoms with Gasteiger partial charge in [-0.3, -0.25) is 0 Å². The number of esters is 2. The van der Waals surface area contributed by atoms with Crippen LogP contribution in [0.1, 0.15) is 25.7 Å². The summed E-state index contributed by atoms with van der Waals surface area (Å²) in [7, 11) is 0. The van der Waals surface area contributed by atoms with Crippen molar-refractivity contribution in [3.05, 3.63) is 12.2 Å². The average Bonchev–Trinajstić information content (AvgIpc) is 3.04. The predicted molar refractivity (Wildman–Crippen MR) is 146 cm³/mol. The van der Waals surface area contributed by atoms with E-state index in [0.29, 0.717) is 12.2 Å². The van der Waals surface area contributed by atoms with Crippen LogP contribution in [-0.2, 0) is 19.1 Å². The Labute approximate surface area is 314 Å². The van der Waals surface area contributed by atoms with Crippen LogP contribution in [-0.4, -0.2) is 120 Å². The molecule has 0 radical (unpaired) electrons. The van der Waals surface area contributed by atoms with E-state index in [2.05, 4.69) is 9.47 Å². The molecule has 0 unspecified atom stereocenters. The van der Waals surface area contributed by atoms with Gasteiger partial charge in [0.2, 0.25) is 0 Å². The van der Waals surface area contributed by atoms with Crippen LogP contribution >= 0.6 is 23.5 Å². The molecule has 0 bridgehead atoms. The fourth-order valence-corrected chi connectivity index (χ4v) is 5.28. The van der Waals surface area contributed by atoms with Gasteiger partial charge in [-0.1, -0.05) is 0 Å². The summed E-state index contributed by atoms with van der Waals surface area (Å²) in [6.07, 6.45) is -20.0. The van der Waals surface area contributed by atoms with Gasteiger partial charge in [0.1, 0.15) is 0 Å². The summed E-state index contributed by atoms with van der Waals surface area (Å²) in [6, 6.07) is 0. The molecule has 0 aromatic rings. The monoisotopic (exact) mass is 956 g/mol. The maximum atomic E-state index is 13.7. The second-order valence-corrected chi connectivity index (χ2v) is 13.5. The number of carbonyl (C=O) groups is 2. The highest BCUT2D eigenvalue weighted by atomic mass is 32.2. The van der Waals surface area contributed by atoms with Crippen LogP contribution in [0.15, 0.2) is 12.2 Å². The molecular formula is C26H22F26O4S2. The van der Waals surface area contributed by atoms with Crippen molar-refractivity contribution >= 4 is 35.5 Å². The quantitative estimate of drug-likeness (QED) is 0.0416. The molecule has 32 heteroatoms. The van der Waals surface area contributed by atoms with Gasteiger partial charge in [-0.05, 0) is 35.9 Å². The lowest BCUT2D eigenvalue weighted by Gasteiger charge is -2.39. The molecule has 4 nitrogen and oxygen atoms in total. The van der Waals surface area contributed by atoms with Crippen LogP contribution in [0, 0.1) is 0 Å². The number of halogens is 26. The molecule has 0 saturated carbocycles. The van der Waals surface area contributed by atoms with Gasteiger partial charge < -0.3 is 9.47 Å². The molecule has 58 heavy (non-hydrogen) atoms. The van der Waals surface area contributed by atoms with E-state index in [9.17, 15) is 124 Å². The van der Waals surface area contributed by atoms with Gasteiger partial charge in [0.05, 0.1) is 13.2 Å². The minimum atomic E-state index is -8.04. The summed E-state index contributed by atoms with van der Waals surface area (Å²) in [5.74, 6) is -81.3. The molecule has 0 N–H and O–H groups in total. The van der Waals surface area contributed by atoms with Crippen molar-refractivity contribution < 1.29 is 133 Å². The van der Waals surface area contributed by atoms with E-state index >= 15 is 0 Å². The largest absolute Gasteiger partial charge is 0.462 e. The molecular weight excluding hydrogens is 934 g/mol. The normalized spacial score (nSPS) is 15.3. The summed E-state index contributed by atoms with van der Waals surface area (Å²) < 4.78 is 349. The van der Waals surface area contributed by atoms with Crippen molar-refractivity contribution in [2.24, 2.45) is 0 Å². The van der Waals surface area contributed by atoms with Crippen molar-refractivity contribution in [1.29, 1.82) is 0 Å². The molecule has 0 aromatic carbocycles. The van der Waals surface area contributed by atoms with Crippen LogP contribution in [0.2, 0.25) is 0 Å². The number of thioether (sulfide) groups is 2. The van der Waals surface area contributed by atoms with Crippen LogP contribution < -0.4 is 0 Å². The Balaban J connectivity index is 4.70. The van der Waals surface area contributed by atoms with Crippen molar-refractivity contribution in [2.45, 2.75) is 97.3 Å². The SMILES string of the molecule is O=C(/C=C/C(=O)OCCCSCCC(F)(F)C(F)(F)C(F)(F)C(F)(F)C(F)(F)C(F)(F)F)OCCCSCCC(F)(F)C(F)(F)C(F)(F)C(F)(F)C(F)(F)C(F)(F)F. The molecule has 0 aromatic heterocycles. The van der Waals surface area contributed by atoms with Gasteiger partial charge in [0.25, 0.3) is 0 Å². The zero-order valence-corrected chi connectivity index (χ0v) is 29.1. The first-order valence-electron chi connectivity index (χ1n) is 14.6. The number of alkyl halides is 26. The maximum Gasteiger partial charge on any atom is 0.460 e. The van der Waals surface area contributed by atoms with E-state index in [0.717, 1.165) is 0 Å². The number of hydrogen-bond acceptors (Lipinski definition) is 6. The van der Waals surface area contributed by atoms with Crippen molar-refractivity contribution in [1.82, 2.24) is 0 Å². The second-order valence-electron chi connectivity index (χ2n) is 11.1. The summed E-state index contributed by atoms with van der Waals surface area (Å²) in [5, 5.41) is 0. The van der Waals surface area contributed by atoms with Crippen molar-refractivity contribution in [3.63, 3.8) is 0 Å². The lowest BCUT2D eigenvalue weighted by molar-refractivity contribution is -0.439. The molecule has 0 spiro atoms. The third-order valence-corrected chi connectivity index (χ3v) is 8.97. The molecule has 0 aliphatic heterocycles. The first kappa shape index (κ1) is 55.6. The first-order chi connectivity index (χ1) is 25.5. The summed E-state index contributed by atoms with van der Waals surface area (Å²) >= 11 is 0.339. The molecule has 0 amide bonds. The highest BCUT2D eigenvalue weighted by Gasteiger charge is 2.92. The van der Waals surface area contributed by atoms with Crippen LogP contribution in [0.4, 0.5) is 114 Å². The smallest absolute Gasteiger partial charge is 0.460 e. The summed E-state index contributed by atoms with van der Waals surface area (Å²) in [5.41, 5.74) is 0. The van der Waals surface area contributed by atoms with E-state index in [1.54, 1.807) is 0 Å². The first-order valence-corrected chi connectivity index (χ1v) is 16.9. The van der Waals surface area contributed by atoms with Crippen LogP contribution in [0.5, 0.6) is 0 Å². The minimum absolute atomic E-state index is 0.170. The van der Waals surface area contributed by atoms with Gasteiger partial charge in [-0.25, -0.2) is 9.59 Å². The number of hydrogen-bond donors (Lipinski definition) is 0. The highest BCUT2D eigenvalue weighted by Crippen LogP contribution is 2.62. The Morgan fingerprint density at radius 3 is 0.845 bits per heavy atom. The zero-order valence-electron chi connectivity index (χ0n) is 27.5. The Morgan fingerprint density at radius 2 is 0.603 bits per heavy atom. The molecule has 0 heterocycles. The van der Waals surface area contributed by atoms with E-state index in [-0.39, 0.29) is 36.4 Å². The molecule has 0 fully saturated rings. The molecule has 0 saturated heterocycles. The lowest BCUT2D eigenvalue weighted by Crippen LogP contribution is -2.70. The molecule has 0 rings (SSSR count). The average molecular weight is 957 g/mol. The van der Waals surface area contributed by atoms with Gasteiger partial charge in [0, 0.05) is 25.0 Å². The molecule has 0 aliphatic rings. The zero-order chi connectivity index (χ0) is 46.5. The molecule has 0 atom stereocenters. The fourth-order valence-electron chi connectivity index (χ4n) is 3.42. The Bertz CT molecular complexity index is 1290. The summed E-state index contributed by atoms with van der Waals surface area (Å²) in [6.45, 7) is -1.31. The van der Waals surface area contributed by atoms with Crippen LogP contribution in [0.3, 0.4) is 0 Å². The third-order valence-electron chi connectivity index (χ3n) is 6.83. The Hall–Kier alpha value is -2.44. The van der Waals surface area contributed by atoms with Gasteiger partial charge in [-0.2, -0.15) is 138 Å². The third kappa shape index (κ3) is 11.3. The second kappa shape index (κ2) is 18.7. The van der Waals surface area contributed by atoms with E-state index in [1.807, 2.05) is 0 Å². The predicted octanol–water partition coefficient (Wildman–Crippen LogP) is 11.1.